The van der Waals surface area contributed by atoms with Gasteiger partial charge in [-0.05, 0) is 78.7 Å². The van der Waals surface area contributed by atoms with Gasteiger partial charge in [-0.3, -0.25) is 4.79 Å². The number of rotatable bonds is 6. The van der Waals surface area contributed by atoms with Crippen molar-refractivity contribution in [3.63, 3.8) is 0 Å². The molecule has 2 aromatic rings. The molecule has 0 spiro atoms. The van der Waals surface area contributed by atoms with Gasteiger partial charge in [-0.15, -0.1) is 0 Å². The molecule has 4 rings (SSSR count). The van der Waals surface area contributed by atoms with Crippen LogP contribution in [0, 0.1) is 11.7 Å². The van der Waals surface area contributed by atoms with Gasteiger partial charge in [0.1, 0.15) is 18.0 Å². The van der Waals surface area contributed by atoms with E-state index in [0.29, 0.717) is 30.1 Å². The van der Waals surface area contributed by atoms with E-state index in [2.05, 4.69) is 16.9 Å². The summed E-state index contributed by atoms with van der Waals surface area (Å²) in [7, 11) is 2.05. The van der Waals surface area contributed by atoms with E-state index in [1.165, 1.54) is 6.07 Å². The van der Waals surface area contributed by atoms with Crippen molar-refractivity contribution in [2.75, 3.05) is 33.2 Å². The van der Waals surface area contributed by atoms with Crippen LogP contribution in [0.4, 0.5) is 9.18 Å². The van der Waals surface area contributed by atoms with E-state index in [1.54, 1.807) is 23.1 Å². The minimum Gasteiger partial charge on any atom is -0.473 e. The molecule has 2 aliphatic heterocycles. The Morgan fingerprint density at radius 1 is 1.03 bits per heavy atom. The van der Waals surface area contributed by atoms with Gasteiger partial charge in [0.15, 0.2) is 5.78 Å². The minimum absolute atomic E-state index is 0.0200. The van der Waals surface area contributed by atoms with Gasteiger partial charge in [-0.2, -0.15) is 0 Å². The average molecular weight is 512 g/mol. The van der Waals surface area contributed by atoms with Crippen LogP contribution in [0.2, 0.25) is 0 Å². The van der Waals surface area contributed by atoms with Crippen molar-refractivity contribution in [3.8, 4) is 5.88 Å². The van der Waals surface area contributed by atoms with E-state index in [4.69, 9.17) is 9.47 Å². The molecular weight excluding hydrogens is 473 g/mol. The normalized spacial score (nSPS) is 18.0. The predicted molar refractivity (Wildman–Crippen MR) is 139 cm³/mol. The third kappa shape index (κ3) is 7.28. The van der Waals surface area contributed by atoms with Crippen molar-refractivity contribution in [3.05, 3.63) is 59.0 Å². The Hall–Kier alpha value is -3.00. The quantitative estimate of drug-likeness (QED) is 0.481. The number of likely N-dealkylation sites (tertiary alicyclic amines) is 2. The average Bonchev–Trinajstić information content (AvgIpc) is 2.87. The lowest BCUT2D eigenvalue weighted by Gasteiger charge is -2.33. The summed E-state index contributed by atoms with van der Waals surface area (Å²) < 4.78 is 26.1. The summed E-state index contributed by atoms with van der Waals surface area (Å²) >= 11 is 0. The lowest BCUT2D eigenvalue weighted by Crippen LogP contribution is -2.41. The van der Waals surface area contributed by atoms with Gasteiger partial charge in [-0.25, -0.2) is 14.2 Å². The summed E-state index contributed by atoms with van der Waals surface area (Å²) in [5.74, 6) is 0.179. The smallest absolute Gasteiger partial charge is 0.410 e. The highest BCUT2D eigenvalue weighted by atomic mass is 19.1. The summed E-state index contributed by atoms with van der Waals surface area (Å²) in [5.41, 5.74) is 1.20. The van der Waals surface area contributed by atoms with E-state index in [-0.39, 0.29) is 30.3 Å². The van der Waals surface area contributed by atoms with Crippen LogP contribution in [0.15, 0.2) is 36.4 Å². The van der Waals surface area contributed by atoms with E-state index >= 15 is 0 Å². The minimum atomic E-state index is -0.511. The predicted octanol–water partition coefficient (Wildman–Crippen LogP) is 5.44. The highest BCUT2D eigenvalue weighted by Gasteiger charge is 2.28. The number of ether oxygens (including phenoxy) is 2. The molecule has 1 aromatic heterocycles. The molecule has 0 radical (unpaired) electrons. The summed E-state index contributed by atoms with van der Waals surface area (Å²) in [4.78, 5) is 33.7. The topological polar surface area (TPSA) is 72.0 Å². The number of amides is 1. The maximum absolute atomic E-state index is 14.8. The van der Waals surface area contributed by atoms with Crippen molar-refractivity contribution in [2.45, 2.75) is 64.6 Å². The fourth-order valence-electron chi connectivity index (χ4n) is 4.90. The number of halogens is 1. The molecule has 0 N–H and O–H groups in total. The van der Waals surface area contributed by atoms with E-state index in [1.807, 2.05) is 32.9 Å². The lowest BCUT2D eigenvalue weighted by molar-refractivity contribution is 0.0203. The van der Waals surface area contributed by atoms with Crippen LogP contribution in [-0.4, -0.2) is 65.5 Å². The van der Waals surface area contributed by atoms with Gasteiger partial charge >= 0.3 is 6.09 Å². The SMILES string of the molecule is CN1CCC(C(=O)c2ccc(COc3cccc(C4CCN(C(=O)OC(C)(C)C)CC4)n3)c(F)c2)CC1. The molecule has 7 nitrogen and oxygen atoms in total. The fraction of sp³-hybridized carbons (Fsp3) is 0.552. The number of nitrogens with zero attached hydrogens (tertiary/aromatic N) is 3. The molecule has 0 unspecified atom stereocenters. The molecule has 0 bridgehead atoms. The first kappa shape index (κ1) is 27.0. The Morgan fingerprint density at radius 3 is 2.38 bits per heavy atom. The summed E-state index contributed by atoms with van der Waals surface area (Å²) in [6.45, 7) is 8.62. The molecule has 2 saturated heterocycles. The highest BCUT2D eigenvalue weighted by molar-refractivity contribution is 5.98. The van der Waals surface area contributed by atoms with E-state index in [0.717, 1.165) is 44.5 Å². The number of hydrogen-bond donors (Lipinski definition) is 0. The molecule has 3 heterocycles. The first-order chi connectivity index (χ1) is 17.6. The second kappa shape index (κ2) is 11.6. The van der Waals surface area contributed by atoms with Crippen LogP contribution in [0.5, 0.6) is 5.88 Å². The van der Waals surface area contributed by atoms with E-state index < -0.39 is 11.4 Å². The number of hydrogen-bond acceptors (Lipinski definition) is 6. The van der Waals surface area contributed by atoms with Crippen LogP contribution in [0.1, 0.15) is 74.0 Å². The van der Waals surface area contributed by atoms with Gasteiger partial charge in [0.25, 0.3) is 0 Å². The molecule has 0 aliphatic carbocycles. The van der Waals surface area contributed by atoms with Crippen molar-refractivity contribution in [1.82, 2.24) is 14.8 Å². The standard InChI is InChI=1S/C29H38FN3O4/c1-29(2,3)37-28(35)33-16-12-20(13-17-33)25-6-5-7-26(31-25)36-19-23-9-8-22(18-24(23)30)27(34)21-10-14-32(4)15-11-21/h5-9,18,20-21H,10-17,19H2,1-4H3. The molecule has 0 atom stereocenters. The fourth-order valence-corrected chi connectivity index (χ4v) is 4.90. The number of carbonyl (C=O) groups is 2. The second-order valence-corrected chi connectivity index (χ2v) is 11.2. The summed E-state index contributed by atoms with van der Waals surface area (Å²) in [5, 5.41) is 0. The molecule has 0 saturated carbocycles. The molecular formula is C29H38FN3O4. The molecule has 200 valence electrons. The van der Waals surface area contributed by atoms with Crippen LogP contribution < -0.4 is 4.74 Å². The molecule has 2 aliphatic rings. The Balaban J connectivity index is 1.31. The molecule has 2 fully saturated rings. The molecule has 1 amide bonds. The van der Waals surface area contributed by atoms with Crippen molar-refractivity contribution in [1.29, 1.82) is 0 Å². The summed E-state index contributed by atoms with van der Waals surface area (Å²) in [6, 6.07) is 10.3. The van der Waals surface area contributed by atoms with Crippen LogP contribution >= 0.6 is 0 Å². The van der Waals surface area contributed by atoms with Crippen molar-refractivity contribution < 1.29 is 23.5 Å². The number of aromatic nitrogens is 1. The Labute approximate surface area is 219 Å². The maximum atomic E-state index is 14.8. The van der Waals surface area contributed by atoms with Crippen LogP contribution in [-0.2, 0) is 11.3 Å². The molecule has 37 heavy (non-hydrogen) atoms. The van der Waals surface area contributed by atoms with Gasteiger partial charge in [-0.1, -0.05) is 18.2 Å². The third-order valence-corrected chi connectivity index (χ3v) is 7.11. The van der Waals surface area contributed by atoms with Gasteiger partial charge in [0, 0.05) is 47.8 Å². The van der Waals surface area contributed by atoms with Crippen molar-refractivity contribution in [2.24, 2.45) is 5.92 Å². The third-order valence-electron chi connectivity index (χ3n) is 7.11. The van der Waals surface area contributed by atoms with Crippen LogP contribution in [0.3, 0.4) is 0 Å². The number of carbonyl (C=O) groups excluding carboxylic acids is 2. The van der Waals surface area contributed by atoms with Gasteiger partial charge < -0.3 is 19.3 Å². The number of ketones is 1. The van der Waals surface area contributed by atoms with Gasteiger partial charge in [0.05, 0.1) is 0 Å². The zero-order valence-corrected chi connectivity index (χ0v) is 22.3. The number of benzene rings is 1. The maximum Gasteiger partial charge on any atom is 0.410 e. The lowest BCUT2D eigenvalue weighted by atomic mass is 9.89. The number of pyridine rings is 1. The number of Topliss-reactive ketones (excluding diaryl/α,β-unsaturated/α-hetero) is 1. The van der Waals surface area contributed by atoms with Crippen molar-refractivity contribution >= 4 is 11.9 Å². The Bertz CT molecular complexity index is 1100. The second-order valence-electron chi connectivity index (χ2n) is 11.2. The first-order valence-electron chi connectivity index (χ1n) is 13.2. The monoisotopic (exact) mass is 511 g/mol. The highest BCUT2D eigenvalue weighted by Crippen LogP contribution is 2.29. The van der Waals surface area contributed by atoms with E-state index in [9.17, 15) is 14.0 Å². The number of piperidine rings is 2. The van der Waals surface area contributed by atoms with Crippen LogP contribution in [0.25, 0.3) is 0 Å². The Morgan fingerprint density at radius 2 is 1.73 bits per heavy atom. The largest absolute Gasteiger partial charge is 0.473 e. The van der Waals surface area contributed by atoms with Gasteiger partial charge in [0.2, 0.25) is 5.88 Å². The zero-order chi connectivity index (χ0) is 26.6. The zero-order valence-electron chi connectivity index (χ0n) is 22.3. The molecule has 8 heteroatoms. The molecule has 1 aromatic carbocycles. The summed E-state index contributed by atoms with van der Waals surface area (Å²) in [6.07, 6.45) is 2.92. The first-order valence-corrected chi connectivity index (χ1v) is 13.2. The Kier molecular flexibility index (Phi) is 8.47.